The second-order valence-corrected chi connectivity index (χ2v) is 7.74. The first-order valence-electron chi connectivity index (χ1n) is 7.08. The molecule has 4 nitrogen and oxygen atoms in total. The molecule has 0 unspecified atom stereocenters. The first-order chi connectivity index (χ1) is 9.22. The van der Waals surface area contributed by atoms with Crippen LogP contribution in [0.1, 0.15) is 42.9 Å². The molecule has 112 valence electrons. The van der Waals surface area contributed by atoms with Crippen LogP contribution >= 0.6 is 0 Å². The van der Waals surface area contributed by atoms with Gasteiger partial charge in [0, 0.05) is 12.2 Å². The average Bonchev–Trinajstić information content (AvgIpc) is 3.15. The minimum atomic E-state index is -3.50. The van der Waals surface area contributed by atoms with Gasteiger partial charge in [0.2, 0.25) is 10.0 Å². The molecule has 5 heteroatoms. The zero-order valence-electron chi connectivity index (χ0n) is 12.7. The molecule has 0 aliphatic heterocycles. The maximum absolute atomic E-state index is 12.6. The van der Waals surface area contributed by atoms with Crippen LogP contribution in [0.3, 0.4) is 0 Å². The molecule has 20 heavy (non-hydrogen) atoms. The van der Waals surface area contributed by atoms with Gasteiger partial charge in [0.1, 0.15) is 0 Å². The molecule has 0 bridgehead atoms. The Morgan fingerprint density at radius 3 is 2.35 bits per heavy atom. The Bertz CT molecular complexity index is 606. The Balaban J connectivity index is 2.35. The lowest BCUT2D eigenvalue weighted by atomic mass is 10.1. The number of sulfonamides is 1. The van der Waals surface area contributed by atoms with Crippen LogP contribution in [0.2, 0.25) is 0 Å². The van der Waals surface area contributed by atoms with E-state index in [0.717, 1.165) is 30.4 Å². The summed E-state index contributed by atoms with van der Waals surface area (Å²) in [4.78, 5) is 0.349. The first-order valence-corrected chi connectivity index (χ1v) is 8.57. The summed E-state index contributed by atoms with van der Waals surface area (Å²) in [6.45, 7) is 8.13. The van der Waals surface area contributed by atoms with Gasteiger partial charge in [-0.15, -0.1) is 0 Å². The van der Waals surface area contributed by atoms with Gasteiger partial charge >= 0.3 is 0 Å². The zero-order chi connectivity index (χ0) is 15.1. The van der Waals surface area contributed by atoms with E-state index >= 15 is 0 Å². The van der Waals surface area contributed by atoms with Crippen molar-refractivity contribution in [2.45, 2.75) is 51.9 Å². The molecule has 0 aromatic heterocycles. The highest BCUT2D eigenvalue weighted by Gasteiger charge is 2.41. The number of nitrogens with two attached hydrogens (primary N) is 1. The monoisotopic (exact) mass is 296 g/mol. The van der Waals surface area contributed by atoms with Crippen molar-refractivity contribution in [3.05, 3.63) is 22.8 Å². The van der Waals surface area contributed by atoms with Crippen LogP contribution in [0.4, 0.5) is 5.69 Å². The predicted molar refractivity (Wildman–Crippen MR) is 82.2 cm³/mol. The number of nitrogen functional groups attached to an aromatic ring is 1. The van der Waals surface area contributed by atoms with Crippen molar-refractivity contribution < 1.29 is 8.42 Å². The van der Waals surface area contributed by atoms with Gasteiger partial charge in [0.25, 0.3) is 0 Å². The van der Waals surface area contributed by atoms with Gasteiger partial charge in [-0.2, -0.15) is 0 Å². The molecule has 1 aromatic carbocycles. The van der Waals surface area contributed by atoms with E-state index < -0.39 is 10.0 Å². The molecule has 1 fully saturated rings. The number of hydrogen-bond donors (Lipinski definition) is 2. The van der Waals surface area contributed by atoms with E-state index in [9.17, 15) is 8.42 Å². The molecule has 0 atom stereocenters. The lowest BCUT2D eigenvalue weighted by Crippen LogP contribution is -2.31. The number of hydrogen-bond acceptors (Lipinski definition) is 3. The van der Waals surface area contributed by atoms with Crippen molar-refractivity contribution in [2.75, 3.05) is 12.3 Å². The zero-order valence-corrected chi connectivity index (χ0v) is 13.5. The molecule has 0 heterocycles. The van der Waals surface area contributed by atoms with Crippen molar-refractivity contribution >= 4 is 15.7 Å². The molecule has 3 N–H and O–H groups in total. The Labute approximate surface area is 121 Å². The summed E-state index contributed by atoms with van der Waals surface area (Å²) in [6, 6.07) is 1.83. The summed E-state index contributed by atoms with van der Waals surface area (Å²) < 4.78 is 28.0. The van der Waals surface area contributed by atoms with E-state index in [2.05, 4.69) is 11.6 Å². The molecule has 2 rings (SSSR count). The quantitative estimate of drug-likeness (QED) is 0.821. The van der Waals surface area contributed by atoms with Crippen molar-refractivity contribution in [1.29, 1.82) is 0 Å². The molecule has 1 aromatic rings. The van der Waals surface area contributed by atoms with E-state index in [0.29, 0.717) is 22.7 Å². The van der Waals surface area contributed by atoms with Crippen LogP contribution in [-0.4, -0.2) is 15.0 Å². The predicted octanol–water partition coefficient (Wildman–Crippen LogP) is 2.66. The SMILES string of the molecule is CCC1(CNS(=O)(=O)c2c(C)c(C)cc(N)c2C)CC1. The van der Waals surface area contributed by atoms with Gasteiger partial charge in [-0.1, -0.05) is 6.92 Å². The van der Waals surface area contributed by atoms with Crippen LogP contribution in [0.15, 0.2) is 11.0 Å². The third-order valence-electron chi connectivity index (χ3n) is 4.69. The molecule has 1 saturated carbocycles. The third-order valence-corrected chi connectivity index (χ3v) is 6.36. The van der Waals surface area contributed by atoms with Gasteiger partial charge in [-0.3, -0.25) is 0 Å². The van der Waals surface area contributed by atoms with Crippen molar-refractivity contribution in [2.24, 2.45) is 5.41 Å². The Kier molecular flexibility index (Phi) is 3.86. The second kappa shape index (κ2) is 5.04. The maximum atomic E-state index is 12.6. The number of benzene rings is 1. The maximum Gasteiger partial charge on any atom is 0.241 e. The van der Waals surface area contributed by atoms with E-state index in [1.165, 1.54) is 0 Å². The van der Waals surface area contributed by atoms with Crippen molar-refractivity contribution in [3.8, 4) is 0 Å². The largest absolute Gasteiger partial charge is 0.398 e. The summed E-state index contributed by atoms with van der Waals surface area (Å²) in [5, 5.41) is 0. The molecular formula is C15H24N2O2S. The normalized spacial score (nSPS) is 17.2. The van der Waals surface area contributed by atoms with Crippen LogP contribution in [0, 0.1) is 26.2 Å². The minimum Gasteiger partial charge on any atom is -0.398 e. The molecule has 1 aliphatic rings. The first kappa shape index (κ1) is 15.3. The highest BCUT2D eigenvalue weighted by Crippen LogP contribution is 2.48. The fraction of sp³-hybridized carbons (Fsp3) is 0.600. The summed E-state index contributed by atoms with van der Waals surface area (Å²) in [6.07, 6.45) is 3.24. The second-order valence-electron chi connectivity index (χ2n) is 6.04. The van der Waals surface area contributed by atoms with E-state index in [4.69, 9.17) is 5.73 Å². The van der Waals surface area contributed by atoms with Crippen LogP contribution in [0.5, 0.6) is 0 Å². The van der Waals surface area contributed by atoms with E-state index in [1.807, 2.05) is 19.9 Å². The lowest BCUT2D eigenvalue weighted by Gasteiger charge is -2.18. The molecule has 0 amide bonds. The fourth-order valence-corrected chi connectivity index (χ4v) is 4.32. The van der Waals surface area contributed by atoms with Crippen LogP contribution in [-0.2, 0) is 10.0 Å². The van der Waals surface area contributed by atoms with Crippen LogP contribution in [0.25, 0.3) is 0 Å². The summed E-state index contributed by atoms with van der Waals surface area (Å²) in [7, 11) is -3.50. The average molecular weight is 296 g/mol. The Morgan fingerprint density at radius 1 is 1.25 bits per heavy atom. The number of aryl methyl sites for hydroxylation is 1. The summed E-state index contributed by atoms with van der Waals surface area (Å²) in [5.41, 5.74) is 8.96. The van der Waals surface area contributed by atoms with Gasteiger partial charge in [0.05, 0.1) is 4.90 Å². The molecule has 0 saturated heterocycles. The van der Waals surface area contributed by atoms with Crippen molar-refractivity contribution in [1.82, 2.24) is 4.72 Å². The summed E-state index contributed by atoms with van der Waals surface area (Å²) in [5.74, 6) is 0. The van der Waals surface area contributed by atoms with Gasteiger partial charge in [0.15, 0.2) is 0 Å². The highest BCUT2D eigenvalue weighted by molar-refractivity contribution is 7.89. The fourth-order valence-electron chi connectivity index (χ4n) is 2.60. The van der Waals surface area contributed by atoms with Crippen molar-refractivity contribution in [3.63, 3.8) is 0 Å². The smallest absolute Gasteiger partial charge is 0.241 e. The van der Waals surface area contributed by atoms with E-state index in [1.54, 1.807) is 6.92 Å². The van der Waals surface area contributed by atoms with Crippen LogP contribution < -0.4 is 10.5 Å². The Hall–Kier alpha value is -1.07. The number of nitrogens with one attached hydrogen (secondary N) is 1. The highest BCUT2D eigenvalue weighted by atomic mass is 32.2. The van der Waals surface area contributed by atoms with Gasteiger partial charge < -0.3 is 5.73 Å². The minimum absolute atomic E-state index is 0.185. The molecule has 1 aliphatic carbocycles. The lowest BCUT2D eigenvalue weighted by molar-refractivity contribution is 0.475. The standard InChI is InChI=1S/C15H24N2O2S/c1-5-15(6-7-15)9-17-20(18,19)14-11(3)10(2)8-13(16)12(14)4/h8,17H,5-7,9,16H2,1-4H3. The molecule has 0 radical (unpaired) electrons. The Morgan fingerprint density at radius 2 is 1.85 bits per heavy atom. The van der Waals surface area contributed by atoms with Gasteiger partial charge in [-0.05, 0) is 68.2 Å². The summed E-state index contributed by atoms with van der Waals surface area (Å²) >= 11 is 0. The number of anilines is 1. The molecular weight excluding hydrogens is 272 g/mol. The van der Waals surface area contributed by atoms with E-state index in [-0.39, 0.29) is 5.41 Å². The topological polar surface area (TPSA) is 72.2 Å². The number of rotatable bonds is 5. The third kappa shape index (κ3) is 2.69. The molecule has 0 spiro atoms. The van der Waals surface area contributed by atoms with Gasteiger partial charge in [-0.25, -0.2) is 13.1 Å².